The molecular formula is C21H29N3O5. The van der Waals surface area contributed by atoms with Gasteiger partial charge in [0, 0.05) is 5.54 Å². The van der Waals surface area contributed by atoms with E-state index in [1.54, 1.807) is 32.9 Å². The molecule has 8 nitrogen and oxygen atoms in total. The highest BCUT2D eigenvalue weighted by Gasteiger charge is 2.41. The van der Waals surface area contributed by atoms with E-state index in [4.69, 9.17) is 4.74 Å². The number of ether oxygens (including phenoxy) is 1. The molecule has 8 heteroatoms. The SMILES string of the molecule is CC(C)[C@]1(C)CC(=O)N(Cc2cccc(C(=O)O)c2)/C(=N\C(=O)OC(C)(C)C)N1. The number of carboxylic acids is 1. The number of aromatic carboxylic acids is 1. The average molecular weight is 403 g/mol. The lowest BCUT2D eigenvalue weighted by molar-refractivity contribution is -0.131. The summed E-state index contributed by atoms with van der Waals surface area (Å²) in [5.41, 5.74) is -0.554. The van der Waals surface area contributed by atoms with Gasteiger partial charge in [-0.1, -0.05) is 26.0 Å². The molecule has 2 N–H and O–H groups in total. The van der Waals surface area contributed by atoms with Crippen molar-refractivity contribution >= 4 is 23.9 Å². The fraction of sp³-hybridized carbons (Fsp3) is 0.524. The van der Waals surface area contributed by atoms with Gasteiger partial charge in [-0.2, -0.15) is 0 Å². The number of amides is 2. The lowest BCUT2D eigenvalue weighted by Crippen LogP contribution is -2.63. The van der Waals surface area contributed by atoms with E-state index < -0.39 is 23.2 Å². The minimum Gasteiger partial charge on any atom is -0.478 e. The monoisotopic (exact) mass is 403 g/mol. The van der Waals surface area contributed by atoms with Crippen LogP contribution in [0.1, 0.15) is 63.9 Å². The standard InChI is InChI=1S/C21H29N3O5/c1-13(2)21(6)11-16(25)24(12-14-8-7-9-15(10-14)17(26)27)18(23-21)22-19(28)29-20(3,4)5/h7-10,13H,11-12H2,1-6H3,(H,26,27)(H,22,23,28)/t21-/m0/s1. The number of hydrogen-bond donors (Lipinski definition) is 2. The number of guanidine groups is 1. The number of carbonyl (C=O) groups is 3. The lowest BCUT2D eigenvalue weighted by Gasteiger charge is -2.43. The quantitative estimate of drug-likeness (QED) is 0.797. The smallest absolute Gasteiger partial charge is 0.437 e. The highest BCUT2D eigenvalue weighted by Crippen LogP contribution is 2.27. The zero-order valence-corrected chi connectivity index (χ0v) is 17.8. The van der Waals surface area contributed by atoms with Gasteiger partial charge in [0.15, 0.2) is 0 Å². The molecule has 0 radical (unpaired) electrons. The summed E-state index contributed by atoms with van der Waals surface area (Å²) in [6, 6.07) is 6.31. The second-order valence-electron chi connectivity index (χ2n) is 8.78. The van der Waals surface area contributed by atoms with Crippen LogP contribution < -0.4 is 5.32 Å². The predicted octanol–water partition coefficient (Wildman–Crippen LogP) is 3.41. The molecule has 1 aromatic rings. The van der Waals surface area contributed by atoms with E-state index in [2.05, 4.69) is 10.3 Å². The van der Waals surface area contributed by atoms with E-state index in [9.17, 15) is 19.5 Å². The molecule has 1 heterocycles. The predicted molar refractivity (Wildman–Crippen MR) is 109 cm³/mol. The molecule has 1 aliphatic rings. The minimum absolute atomic E-state index is 0.0861. The van der Waals surface area contributed by atoms with Crippen LogP contribution in [0.15, 0.2) is 29.3 Å². The fourth-order valence-electron chi connectivity index (χ4n) is 2.85. The Kier molecular flexibility index (Phi) is 6.35. The van der Waals surface area contributed by atoms with E-state index in [1.165, 1.54) is 17.0 Å². The van der Waals surface area contributed by atoms with Crippen molar-refractivity contribution in [3.05, 3.63) is 35.4 Å². The third-order valence-corrected chi connectivity index (χ3v) is 4.85. The van der Waals surface area contributed by atoms with Crippen molar-refractivity contribution in [2.45, 2.75) is 65.6 Å². The third kappa shape index (κ3) is 5.79. The Bertz CT molecular complexity index is 841. The maximum Gasteiger partial charge on any atom is 0.437 e. The van der Waals surface area contributed by atoms with Gasteiger partial charge in [-0.25, -0.2) is 9.59 Å². The summed E-state index contributed by atoms with van der Waals surface area (Å²) < 4.78 is 5.27. The number of hydrogen-bond acceptors (Lipinski definition) is 4. The number of benzene rings is 1. The fourth-order valence-corrected chi connectivity index (χ4v) is 2.85. The first-order valence-corrected chi connectivity index (χ1v) is 9.53. The van der Waals surface area contributed by atoms with Crippen LogP contribution in [-0.4, -0.2) is 45.1 Å². The molecule has 1 fully saturated rings. The van der Waals surface area contributed by atoms with Gasteiger partial charge < -0.3 is 15.2 Å². The van der Waals surface area contributed by atoms with Crippen LogP contribution in [0.25, 0.3) is 0 Å². The summed E-state index contributed by atoms with van der Waals surface area (Å²) in [4.78, 5) is 41.9. The van der Waals surface area contributed by atoms with Gasteiger partial charge in [0.1, 0.15) is 5.60 Å². The van der Waals surface area contributed by atoms with Gasteiger partial charge in [-0.3, -0.25) is 9.69 Å². The Morgan fingerprint density at radius 2 is 2.00 bits per heavy atom. The van der Waals surface area contributed by atoms with Crippen LogP contribution in [0.4, 0.5) is 4.79 Å². The Hall–Kier alpha value is -2.90. The molecule has 2 amide bonds. The van der Waals surface area contributed by atoms with Crippen molar-refractivity contribution in [1.82, 2.24) is 10.2 Å². The summed E-state index contributed by atoms with van der Waals surface area (Å²) >= 11 is 0. The van der Waals surface area contributed by atoms with Crippen LogP contribution >= 0.6 is 0 Å². The van der Waals surface area contributed by atoms with Gasteiger partial charge >= 0.3 is 12.1 Å². The number of carboxylic acid groups (broad SMARTS) is 1. The van der Waals surface area contributed by atoms with Gasteiger partial charge in [-0.05, 0) is 51.3 Å². The molecular weight excluding hydrogens is 374 g/mol. The van der Waals surface area contributed by atoms with Crippen molar-refractivity contribution in [2.24, 2.45) is 10.9 Å². The topological polar surface area (TPSA) is 108 Å². The number of nitrogens with zero attached hydrogens (tertiary/aromatic N) is 2. The first-order valence-electron chi connectivity index (χ1n) is 9.53. The second kappa shape index (κ2) is 8.23. The van der Waals surface area contributed by atoms with Gasteiger partial charge in [-0.15, -0.1) is 4.99 Å². The molecule has 1 saturated heterocycles. The number of carbonyl (C=O) groups excluding carboxylic acids is 2. The first kappa shape index (κ1) is 22.4. The summed E-state index contributed by atoms with van der Waals surface area (Å²) in [5.74, 6) is -1.05. The molecule has 1 aliphatic heterocycles. The van der Waals surface area contributed by atoms with E-state index in [-0.39, 0.29) is 36.3 Å². The Labute approximate surface area is 170 Å². The highest BCUT2D eigenvalue weighted by atomic mass is 16.6. The maximum atomic E-state index is 13.0. The van der Waals surface area contributed by atoms with Crippen molar-refractivity contribution in [3.63, 3.8) is 0 Å². The van der Waals surface area contributed by atoms with Gasteiger partial charge in [0.2, 0.25) is 11.9 Å². The van der Waals surface area contributed by atoms with Gasteiger partial charge in [0.25, 0.3) is 0 Å². The normalized spacial score (nSPS) is 21.3. The number of nitrogens with one attached hydrogen (secondary N) is 1. The van der Waals surface area contributed by atoms with E-state index in [0.29, 0.717) is 5.56 Å². The van der Waals surface area contributed by atoms with E-state index in [0.717, 1.165) is 0 Å². The molecule has 1 aromatic carbocycles. The van der Waals surface area contributed by atoms with Crippen LogP contribution in [0.5, 0.6) is 0 Å². The van der Waals surface area contributed by atoms with Crippen molar-refractivity contribution in [2.75, 3.05) is 0 Å². The minimum atomic E-state index is -1.05. The summed E-state index contributed by atoms with van der Waals surface area (Å²) in [6.45, 7) is 11.2. The largest absolute Gasteiger partial charge is 0.478 e. The molecule has 0 saturated carbocycles. The Balaban J connectivity index is 2.38. The summed E-state index contributed by atoms with van der Waals surface area (Å²) in [7, 11) is 0. The molecule has 158 valence electrons. The zero-order chi connectivity index (χ0) is 22.0. The molecule has 1 atom stereocenters. The number of rotatable bonds is 4. The zero-order valence-electron chi connectivity index (χ0n) is 17.8. The average Bonchev–Trinajstić information content (AvgIpc) is 2.56. The molecule has 2 rings (SSSR count). The Morgan fingerprint density at radius 1 is 1.34 bits per heavy atom. The Morgan fingerprint density at radius 3 is 2.55 bits per heavy atom. The van der Waals surface area contributed by atoms with Crippen molar-refractivity contribution < 1.29 is 24.2 Å². The summed E-state index contributed by atoms with van der Waals surface area (Å²) in [6.07, 6.45) is -0.582. The lowest BCUT2D eigenvalue weighted by atomic mass is 9.83. The molecule has 0 aliphatic carbocycles. The first-order chi connectivity index (χ1) is 13.3. The molecule has 0 aromatic heterocycles. The summed E-state index contributed by atoms with van der Waals surface area (Å²) in [5, 5.41) is 12.4. The maximum absolute atomic E-state index is 13.0. The molecule has 0 spiro atoms. The number of aliphatic imine (C=N–C) groups is 1. The van der Waals surface area contributed by atoms with E-state index in [1.807, 2.05) is 20.8 Å². The third-order valence-electron chi connectivity index (χ3n) is 4.85. The van der Waals surface area contributed by atoms with Crippen LogP contribution in [0.2, 0.25) is 0 Å². The van der Waals surface area contributed by atoms with Gasteiger partial charge in [0.05, 0.1) is 18.5 Å². The van der Waals surface area contributed by atoms with E-state index >= 15 is 0 Å². The van der Waals surface area contributed by atoms with Crippen molar-refractivity contribution in [1.29, 1.82) is 0 Å². The second-order valence-corrected chi connectivity index (χ2v) is 8.78. The van der Waals surface area contributed by atoms with Crippen molar-refractivity contribution in [3.8, 4) is 0 Å². The molecule has 0 bridgehead atoms. The van der Waals surface area contributed by atoms with Crippen LogP contribution in [0, 0.1) is 5.92 Å². The molecule has 0 unspecified atom stereocenters. The van der Waals surface area contributed by atoms with Crippen LogP contribution in [-0.2, 0) is 16.1 Å². The molecule has 29 heavy (non-hydrogen) atoms. The highest BCUT2D eigenvalue weighted by molar-refractivity contribution is 6.03. The van der Waals surface area contributed by atoms with Crippen LogP contribution in [0.3, 0.4) is 0 Å².